The molecule has 15 N–H and O–H groups in total. The monoisotopic (exact) mass is 707 g/mol. The van der Waals surface area contributed by atoms with Crippen LogP contribution < -0.4 is 44.2 Å². The second-order valence-corrected chi connectivity index (χ2v) is 12.1. The molecule has 0 fully saturated rings. The first-order chi connectivity index (χ1) is 23.4. The Morgan fingerprint density at radius 2 is 1.26 bits per heavy atom. The van der Waals surface area contributed by atoms with E-state index in [9.17, 15) is 43.8 Å². The second-order valence-electron chi connectivity index (χ2n) is 12.1. The van der Waals surface area contributed by atoms with Gasteiger partial charge < -0.3 is 59.5 Å². The summed E-state index contributed by atoms with van der Waals surface area (Å²) in [7, 11) is 0. The van der Waals surface area contributed by atoms with Gasteiger partial charge in [-0.3, -0.25) is 33.8 Å². The van der Waals surface area contributed by atoms with Gasteiger partial charge in [-0.15, -0.1) is 0 Å². The number of aromatic hydroxyl groups is 1. The number of hydrogen-bond acceptors (Lipinski definition) is 10. The number of nitrogens with zero attached hydrogens (tertiary/aromatic N) is 1. The zero-order chi connectivity index (χ0) is 38.0. The third-order valence-corrected chi connectivity index (χ3v) is 7.23. The number of nitrogens with one attached hydrogen (secondary N) is 4. The van der Waals surface area contributed by atoms with Gasteiger partial charge in [0.2, 0.25) is 29.5 Å². The number of phenolic OH excluding ortho intramolecular Hbond substituents is 1. The molecule has 0 aliphatic rings. The van der Waals surface area contributed by atoms with Gasteiger partial charge in [-0.25, -0.2) is 4.79 Å². The predicted octanol–water partition coefficient (Wildman–Crippen LogP) is -2.48. The molecule has 5 amide bonds. The Morgan fingerprint density at radius 1 is 0.720 bits per heavy atom. The Labute approximate surface area is 289 Å². The van der Waals surface area contributed by atoms with Crippen molar-refractivity contribution in [3.63, 3.8) is 0 Å². The van der Waals surface area contributed by atoms with Crippen molar-refractivity contribution in [1.82, 2.24) is 21.3 Å². The maximum absolute atomic E-state index is 13.6. The SMILES string of the molecule is CC(C)CC(NC(=O)C(Cc1ccc(O)cc1)NC(=O)C(N)CCC(=O)O)C(=O)NC(CCC(N)=O)C(=O)NC(CCCN=C(N)N)C(=O)O. The van der Waals surface area contributed by atoms with Gasteiger partial charge in [-0.05, 0) is 55.7 Å². The van der Waals surface area contributed by atoms with Crippen LogP contribution in [0.1, 0.15) is 64.4 Å². The minimum atomic E-state index is -1.43. The fraction of sp³-hybridized carbons (Fsp3) is 0.548. The average molecular weight is 708 g/mol. The van der Waals surface area contributed by atoms with Gasteiger partial charge in [0.1, 0.15) is 29.9 Å². The summed E-state index contributed by atoms with van der Waals surface area (Å²) in [5.74, 6) is -7.13. The minimum Gasteiger partial charge on any atom is -0.508 e. The zero-order valence-corrected chi connectivity index (χ0v) is 28.1. The van der Waals surface area contributed by atoms with Crippen LogP contribution in [-0.4, -0.2) is 99.5 Å². The highest BCUT2D eigenvalue weighted by Crippen LogP contribution is 2.13. The molecular formula is C31H49N9O10. The Morgan fingerprint density at radius 3 is 1.80 bits per heavy atom. The Bertz CT molecular complexity index is 1370. The number of carboxylic acids is 2. The van der Waals surface area contributed by atoms with Crippen LogP contribution in [0.2, 0.25) is 0 Å². The molecule has 0 aliphatic carbocycles. The van der Waals surface area contributed by atoms with Crippen LogP contribution in [0.3, 0.4) is 0 Å². The largest absolute Gasteiger partial charge is 0.508 e. The van der Waals surface area contributed by atoms with E-state index in [0.29, 0.717) is 5.56 Å². The molecule has 0 spiro atoms. The highest BCUT2D eigenvalue weighted by atomic mass is 16.4. The Kier molecular flexibility index (Phi) is 18.3. The zero-order valence-electron chi connectivity index (χ0n) is 28.1. The van der Waals surface area contributed by atoms with Crippen molar-refractivity contribution in [3.05, 3.63) is 29.8 Å². The van der Waals surface area contributed by atoms with Gasteiger partial charge in [0, 0.05) is 25.8 Å². The summed E-state index contributed by atoms with van der Waals surface area (Å²) in [5.41, 5.74) is 22.2. The fourth-order valence-corrected chi connectivity index (χ4v) is 4.60. The highest BCUT2D eigenvalue weighted by Gasteiger charge is 2.32. The maximum atomic E-state index is 13.6. The molecule has 5 unspecified atom stereocenters. The average Bonchev–Trinajstić information content (AvgIpc) is 3.02. The van der Waals surface area contributed by atoms with Crippen LogP contribution in [-0.2, 0) is 40.0 Å². The lowest BCUT2D eigenvalue weighted by Crippen LogP contribution is -2.59. The molecule has 5 atom stereocenters. The van der Waals surface area contributed by atoms with Crippen LogP contribution in [0.4, 0.5) is 0 Å². The molecule has 1 rings (SSSR count). The van der Waals surface area contributed by atoms with Gasteiger partial charge in [0.05, 0.1) is 6.04 Å². The number of carboxylic acid groups (broad SMARTS) is 2. The molecule has 0 bridgehead atoms. The molecule has 0 radical (unpaired) electrons. The number of benzene rings is 1. The van der Waals surface area contributed by atoms with Gasteiger partial charge >= 0.3 is 11.9 Å². The van der Waals surface area contributed by atoms with E-state index < -0.39 is 78.1 Å². The summed E-state index contributed by atoms with van der Waals surface area (Å²) in [6.45, 7) is 3.63. The van der Waals surface area contributed by atoms with E-state index in [2.05, 4.69) is 26.3 Å². The van der Waals surface area contributed by atoms with E-state index in [-0.39, 0.29) is 69.1 Å². The molecule has 0 saturated carbocycles. The number of amides is 5. The van der Waals surface area contributed by atoms with Crippen molar-refractivity contribution in [2.24, 2.45) is 33.8 Å². The first kappa shape index (κ1) is 42.6. The molecule has 1 aromatic rings. The van der Waals surface area contributed by atoms with E-state index in [1.807, 2.05) is 0 Å². The lowest BCUT2D eigenvalue weighted by atomic mass is 10.00. The van der Waals surface area contributed by atoms with Gasteiger partial charge in [0.25, 0.3) is 0 Å². The van der Waals surface area contributed by atoms with E-state index in [0.717, 1.165) is 0 Å². The molecule has 0 saturated heterocycles. The quantitative estimate of drug-likeness (QED) is 0.0319. The summed E-state index contributed by atoms with van der Waals surface area (Å²) < 4.78 is 0. The number of phenols is 1. The number of carbonyl (C=O) groups is 7. The van der Waals surface area contributed by atoms with E-state index in [1.165, 1.54) is 24.3 Å². The van der Waals surface area contributed by atoms with Gasteiger partial charge in [0.15, 0.2) is 5.96 Å². The number of hydrogen-bond donors (Lipinski definition) is 11. The molecule has 0 aliphatic heterocycles. The predicted molar refractivity (Wildman–Crippen MR) is 180 cm³/mol. The number of guanidine groups is 1. The summed E-state index contributed by atoms with van der Waals surface area (Å²) in [6, 6.07) is -0.901. The van der Waals surface area contributed by atoms with Crippen molar-refractivity contribution >= 4 is 47.4 Å². The molecule has 1 aromatic carbocycles. The van der Waals surface area contributed by atoms with Gasteiger partial charge in [-0.1, -0.05) is 26.0 Å². The van der Waals surface area contributed by atoms with Crippen molar-refractivity contribution in [2.75, 3.05) is 6.54 Å². The second kappa shape index (κ2) is 21.5. The molecule has 0 heterocycles. The number of aliphatic carboxylic acids is 2. The van der Waals surface area contributed by atoms with E-state index in [1.54, 1.807) is 13.8 Å². The molecule has 278 valence electrons. The minimum absolute atomic E-state index is 0.0429. The number of aliphatic imine (C=N–C) groups is 1. The van der Waals surface area contributed by atoms with Crippen LogP contribution in [0.25, 0.3) is 0 Å². The Hall–Kier alpha value is -5.46. The molecular weight excluding hydrogens is 658 g/mol. The molecule has 19 nitrogen and oxygen atoms in total. The normalized spacial score (nSPS) is 13.8. The van der Waals surface area contributed by atoms with Crippen molar-refractivity contribution in [1.29, 1.82) is 0 Å². The molecule has 0 aromatic heterocycles. The third kappa shape index (κ3) is 17.1. The lowest BCUT2D eigenvalue weighted by molar-refractivity contribution is -0.142. The summed E-state index contributed by atoms with van der Waals surface area (Å²) in [5, 5.41) is 38.1. The van der Waals surface area contributed by atoms with E-state index in [4.69, 9.17) is 28.0 Å². The fourth-order valence-electron chi connectivity index (χ4n) is 4.60. The van der Waals surface area contributed by atoms with E-state index >= 15 is 0 Å². The first-order valence-corrected chi connectivity index (χ1v) is 15.9. The summed E-state index contributed by atoms with van der Waals surface area (Å²) in [4.78, 5) is 91.4. The van der Waals surface area contributed by atoms with Crippen LogP contribution in [0, 0.1) is 5.92 Å². The van der Waals surface area contributed by atoms with Crippen molar-refractivity contribution in [2.45, 2.75) is 95.4 Å². The van der Waals surface area contributed by atoms with Crippen LogP contribution in [0.5, 0.6) is 5.75 Å². The first-order valence-electron chi connectivity index (χ1n) is 15.9. The Balaban J connectivity index is 3.25. The van der Waals surface area contributed by atoms with Gasteiger partial charge in [-0.2, -0.15) is 0 Å². The smallest absolute Gasteiger partial charge is 0.326 e. The van der Waals surface area contributed by atoms with Crippen LogP contribution in [0.15, 0.2) is 29.3 Å². The standard InChI is InChI=1S/C31H49N9O10/c1-16(2)14-22(28(47)37-20(10-11-24(33)42)27(46)38-21(30(49)50)4-3-13-36-31(34)35)40-29(48)23(15-17-5-7-18(41)8-6-17)39-26(45)19(32)9-12-25(43)44/h5-8,16,19-23,41H,3-4,9-15,32H2,1-2H3,(H2,33,42)(H,37,47)(H,38,46)(H,39,45)(H,40,48)(H,43,44)(H,49,50)(H4,34,35,36). The third-order valence-electron chi connectivity index (χ3n) is 7.23. The van der Waals surface area contributed by atoms with Crippen molar-refractivity contribution in [3.8, 4) is 5.75 Å². The summed E-state index contributed by atoms with van der Waals surface area (Å²) in [6.07, 6.45) is -1.15. The maximum Gasteiger partial charge on any atom is 0.326 e. The molecule has 19 heteroatoms. The molecule has 50 heavy (non-hydrogen) atoms. The number of carbonyl (C=O) groups excluding carboxylic acids is 5. The summed E-state index contributed by atoms with van der Waals surface area (Å²) >= 11 is 0. The number of rotatable bonds is 23. The highest BCUT2D eigenvalue weighted by molar-refractivity contribution is 5.95. The number of nitrogens with two attached hydrogens (primary N) is 4. The lowest BCUT2D eigenvalue weighted by Gasteiger charge is -2.27. The van der Waals surface area contributed by atoms with Crippen molar-refractivity contribution < 1.29 is 48.9 Å². The van der Waals surface area contributed by atoms with Crippen LogP contribution >= 0.6 is 0 Å². The number of primary amides is 1. The topological polar surface area (TPSA) is 345 Å².